The Hall–Kier alpha value is -1.23. The number of benzene rings is 1. The fourth-order valence-corrected chi connectivity index (χ4v) is 1.37. The van der Waals surface area contributed by atoms with Crippen LogP contribution in [0.15, 0.2) is 18.2 Å². The second-order valence-corrected chi connectivity index (χ2v) is 4.35. The molecule has 0 spiro atoms. The van der Waals surface area contributed by atoms with Crippen molar-refractivity contribution >= 4 is 27.7 Å². The summed E-state index contributed by atoms with van der Waals surface area (Å²) in [7, 11) is 0. The van der Waals surface area contributed by atoms with Crippen molar-refractivity contribution < 1.29 is 19.1 Å². The molecular weight excluding hydrogens is 267 g/mol. The molecule has 1 N–H and O–H groups in total. The van der Waals surface area contributed by atoms with Crippen LogP contribution in [0.25, 0.3) is 0 Å². The average molecular weight is 275 g/mol. The largest absolute Gasteiger partial charge is 0.478 e. The number of Topliss-reactive ketones (excluding diaryl/α,β-unsaturated/α-hetero) is 1. The number of rotatable bonds is 3. The molecule has 0 aliphatic rings. The highest BCUT2D eigenvalue weighted by molar-refractivity contribution is 9.10. The number of carbonyl (C=O) groups excluding carboxylic acids is 1. The van der Waals surface area contributed by atoms with Crippen LogP contribution in [0.2, 0.25) is 0 Å². The van der Waals surface area contributed by atoms with E-state index >= 15 is 0 Å². The molecule has 0 bridgehead atoms. The number of ketones is 1. The van der Waals surface area contributed by atoms with E-state index in [1.807, 2.05) is 0 Å². The summed E-state index contributed by atoms with van der Waals surface area (Å²) in [6, 6.07) is 3.08. The first-order valence-corrected chi connectivity index (χ1v) is 5.06. The van der Waals surface area contributed by atoms with Gasteiger partial charge in [-0.2, -0.15) is 0 Å². The zero-order valence-electron chi connectivity index (χ0n) is 7.83. The second kappa shape index (κ2) is 4.53. The summed E-state index contributed by atoms with van der Waals surface area (Å²) in [5, 5.41) is 8.79. The summed E-state index contributed by atoms with van der Waals surface area (Å²) in [5.74, 6) is -2.37. The maximum atomic E-state index is 12.8. The number of carbonyl (C=O) groups is 2. The zero-order valence-corrected chi connectivity index (χ0v) is 9.42. The van der Waals surface area contributed by atoms with Crippen LogP contribution < -0.4 is 0 Å². The molecular formula is C10H8BrFO3. The van der Waals surface area contributed by atoms with E-state index in [1.54, 1.807) is 6.92 Å². The highest BCUT2D eigenvalue weighted by atomic mass is 79.9. The quantitative estimate of drug-likeness (QED) is 0.681. The van der Waals surface area contributed by atoms with E-state index < -0.39 is 16.6 Å². The topological polar surface area (TPSA) is 54.4 Å². The molecule has 0 aliphatic heterocycles. The molecule has 5 heteroatoms. The Morgan fingerprint density at radius 2 is 2.00 bits per heavy atom. The third-order valence-electron chi connectivity index (χ3n) is 1.84. The van der Waals surface area contributed by atoms with Gasteiger partial charge in [-0.3, -0.25) is 4.79 Å². The minimum absolute atomic E-state index is 0.00766. The molecule has 0 aliphatic carbocycles. The molecule has 0 aromatic heterocycles. The molecule has 0 saturated carbocycles. The van der Waals surface area contributed by atoms with E-state index in [4.69, 9.17) is 5.11 Å². The fraction of sp³-hybridized carbons (Fsp3) is 0.200. The second-order valence-electron chi connectivity index (χ2n) is 2.98. The summed E-state index contributed by atoms with van der Waals surface area (Å²) in [6.45, 7) is 1.58. The number of halogens is 2. The number of carboxylic acid groups (broad SMARTS) is 1. The van der Waals surface area contributed by atoms with Gasteiger partial charge in [-0.05, 0) is 25.1 Å². The molecule has 0 amide bonds. The van der Waals surface area contributed by atoms with Crippen LogP contribution in [0.4, 0.5) is 4.39 Å². The normalized spacial score (nSPS) is 12.2. The van der Waals surface area contributed by atoms with Crippen LogP contribution in [0, 0.1) is 5.82 Å². The van der Waals surface area contributed by atoms with Crippen molar-refractivity contribution in [3.8, 4) is 0 Å². The predicted molar refractivity (Wildman–Crippen MR) is 56.1 cm³/mol. The van der Waals surface area contributed by atoms with Gasteiger partial charge in [-0.25, -0.2) is 9.18 Å². The molecule has 0 fully saturated rings. The SMILES string of the molecule is CC(Br)C(=O)c1ccc(F)cc1C(=O)O. The molecule has 0 heterocycles. The van der Waals surface area contributed by atoms with Gasteiger partial charge in [-0.15, -0.1) is 0 Å². The van der Waals surface area contributed by atoms with E-state index in [-0.39, 0.29) is 16.9 Å². The lowest BCUT2D eigenvalue weighted by Crippen LogP contribution is -2.15. The first-order chi connectivity index (χ1) is 6.93. The highest BCUT2D eigenvalue weighted by Gasteiger charge is 2.20. The zero-order chi connectivity index (χ0) is 11.6. The first-order valence-electron chi connectivity index (χ1n) is 4.14. The Labute approximate surface area is 94.0 Å². The van der Waals surface area contributed by atoms with E-state index in [0.717, 1.165) is 12.1 Å². The number of hydrogen-bond donors (Lipinski definition) is 1. The van der Waals surface area contributed by atoms with Crippen LogP contribution >= 0.6 is 15.9 Å². The van der Waals surface area contributed by atoms with E-state index in [9.17, 15) is 14.0 Å². The Morgan fingerprint density at radius 1 is 1.40 bits per heavy atom. The van der Waals surface area contributed by atoms with Gasteiger partial charge in [0.2, 0.25) is 0 Å². The standard InChI is InChI=1S/C10H8BrFO3/c1-5(11)9(13)7-3-2-6(12)4-8(7)10(14)15/h2-5H,1H3,(H,14,15). The monoisotopic (exact) mass is 274 g/mol. The molecule has 1 aromatic carbocycles. The van der Waals surface area contributed by atoms with Crippen LogP contribution in [-0.2, 0) is 0 Å². The van der Waals surface area contributed by atoms with Gasteiger partial charge in [-0.1, -0.05) is 15.9 Å². The summed E-state index contributed by atoms with van der Waals surface area (Å²) in [4.78, 5) is 21.8. The van der Waals surface area contributed by atoms with Crippen molar-refractivity contribution in [3.05, 3.63) is 35.1 Å². The Bertz CT molecular complexity index is 415. The molecule has 1 rings (SSSR count). The summed E-state index contributed by atoms with van der Waals surface area (Å²) in [5.41, 5.74) is -0.306. The third kappa shape index (κ3) is 2.62. The van der Waals surface area contributed by atoms with E-state index in [2.05, 4.69) is 15.9 Å². The fourth-order valence-electron chi connectivity index (χ4n) is 1.12. The van der Waals surface area contributed by atoms with Crippen molar-refractivity contribution in [3.63, 3.8) is 0 Å². The lowest BCUT2D eigenvalue weighted by Gasteiger charge is -2.06. The molecule has 80 valence electrons. The van der Waals surface area contributed by atoms with Crippen LogP contribution in [0.5, 0.6) is 0 Å². The van der Waals surface area contributed by atoms with Gasteiger partial charge in [0.05, 0.1) is 10.4 Å². The molecule has 1 unspecified atom stereocenters. The molecule has 0 saturated heterocycles. The lowest BCUT2D eigenvalue weighted by atomic mass is 10.0. The molecule has 15 heavy (non-hydrogen) atoms. The number of carboxylic acids is 1. The number of hydrogen-bond acceptors (Lipinski definition) is 2. The van der Waals surface area contributed by atoms with Gasteiger partial charge in [0.25, 0.3) is 0 Å². The first kappa shape index (κ1) is 11.8. The van der Waals surface area contributed by atoms with Gasteiger partial charge in [0, 0.05) is 5.56 Å². The van der Waals surface area contributed by atoms with Crippen molar-refractivity contribution in [2.75, 3.05) is 0 Å². The van der Waals surface area contributed by atoms with Crippen LogP contribution in [0.1, 0.15) is 27.6 Å². The highest BCUT2D eigenvalue weighted by Crippen LogP contribution is 2.16. The number of alkyl halides is 1. The maximum Gasteiger partial charge on any atom is 0.336 e. The Balaban J connectivity index is 3.29. The van der Waals surface area contributed by atoms with E-state index in [0.29, 0.717) is 0 Å². The van der Waals surface area contributed by atoms with Crippen LogP contribution in [0.3, 0.4) is 0 Å². The number of aromatic carboxylic acids is 1. The minimum Gasteiger partial charge on any atom is -0.478 e. The Morgan fingerprint density at radius 3 is 2.47 bits per heavy atom. The Kier molecular flexibility index (Phi) is 3.57. The molecule has 1 aromatic rings. The lowest BCUT2D eigenvalue weighted by molar-refractivity contribution is 0.0691. The molecule has 0 radical (unpaired) electrons. The average Bonchev–Trinajstić information content (AvgIpc) is 2.16. The molecule has 3 nitrogen and oxygen atoms in total. The summed E-state index contributed by atoms with van der Waals surface area (Å²) >= 11 is 3.04. The van der Waals surface area contributed by atoms with Crippen molar-refractivity contribution in [1.82, 2.24) is 0 Å². The van der Waals surface area contributed by atoms with Gasteiger partial charge < -0.3 is 5.11 Å². The van der Waals surface area contributed by atoms with Crippen molar-refractivity contribution in [2.24, 2.45) is 0 Å². The maximum absolute atomic E-state index is 12.8. The summed E-state index contributed by atoms with van der Waals surface area (Å²) < 4.78 is 12.8. The predicted octanol–water partition coefficient (Wildman–Crippen LogP) is 2.49. The minimum atomic E-state index is -1.31. The van der Waals surface area contributed by atoms with Crippen LogP contribution in [-0.4, -0.2) is 21.7 Å². The van der Waals surface area contributed by atoms with E-state index in [1.165, 1.54) is 6.07 Å². The van der Waals surface area contributed by atoms with Crippen molar-refractivity contribution in [2.45, 2.75) is 11.8 Å². The van der Waals surface area contributed by atoms with Gasteiger partial charge in [0.1, 0.15) is 5.82 Å². The smallest absolute Gasteiger partial charge is 0.336 e. The third-order valence-corrected chi connectivity index (χ3v) is 2.25. The van der Waals surface area contributed by atoms with Gasteiger partial charge >= 0.3 is 5.97 Å². The summed E-state index contributed by atoms with van der Waals surface area (Å²) in [6.07, 6.45) is 0. The molecule has 1 atom stereocenters. The van der Waals surface area contributed by atoms with Crippen molar-refractivity contribution in [1.29, 1.82) is 0 Å². The van der Waals surface area contributed by atoms with Gasteiger partial charge in [0.15, 0.2) is 5.78 Å².